The Morgan fingerprint density at radius 3 is 2.84 bits per heavy atom. The van der Waals surface area contributed by atoms with Gasteiger partial charge in [-0.3, -0.25) is 14.9 Å². The fourth-order valence-electron chi connectivity index (χ4n) is 1.28. The number of rotatable bonds is 3. The van der Waals surface area contributed by atoms with Crippen molar-refractivity contribution in [1.82, 2.24) is 5.32 Å². The zero-order chi connectivity index (χ0) is 14.4. The molecule has 0 heterocycles. The smallest absolute Gasteiger partial charge is 0.314 e. The predicted molar refractivity (Wildman–Crippen MR) is 64.9 cm³/mol. The van der Waals surface area contributed by atoms with Gasteiger partial charge in [0.15, 0.2) is 0 Å². The second-order valence-electron chi connectivity index (χ2n) is 3.61. The van der Waals surface area contributed by atoms with Gasteiger partial charge in [0.25, 0.3) is 0 Å². The Morgan fingerprint density at radius 1 is 1.58 bits per heavy atom. The van der Waals surface area contributed by atoms with Crippen molar-refractivity contribution in [2.24, 2.45) is 0 Å². The second-order valence-corrected chi connectivity index (χ2v) is 3.61. The topological polar surface area (TPSA) is 92.5 Å². The first-order valence-corrected chi connectivity index (χ1v) is 5.32. The van der Waals surface area contributed by atoms with Crippen LogP contribution in [-0.4, -0.2) is 22.5 Å². The molecule has 7 heteroatoms. The van der Waals surface area contributed by atoms with Gasteiger partial charge in [0.2, 0.25) is 11.7 Å². The van der Waals surface area contributed by atoms with Crippen LogP contribution in [0.2, 0.25) is 0 Å². The van der Waals surface area contributed by atoms with Crippen LogP contribution in [0.3, 0.4) is 0 Å². The number of amides is 1. The average Bonchev–Trinajstić information content (AvgIpc) is 2.31. The monoisotopic (exact) mass is 266 g/mol. The van der Waals surface area contributed by atoms with Crippen LogP contribution in [0, 0.1) is 27.8 Å². The molecule has 100 valence electrons. The van der Waals surface area contributed by atoms with Crippen molar-refractivity contribution in [1.29, 1.82) is 0 Å². The van der Waals surface area contributed by atoms with E-state index in [1.165, 1.54) is 6.92 Å². The Labute approximate surface area is 108 Å². The third-order valence-corrected chi connectivity index (χ3v) is 2.10. The highest BCUT2D eigenvalue weighted by atomic mass is 19.1. The summed E-state index contributed by atoms with van der Waals surface area (Å²) in [6, 6.07) is 1.53. The van der Waals surface area contributed by atoms with Crippen molar-refractivity contribution in [3.8, 4) is 17.6 Å². The van der Waals surface area contributed by atoms with Gasteiger partial charge in [0.1, 0.15) is 5.82 Å². The number of nitrogens with one attached hydrogen (secondary N) is 1. The van der Waals surface area contributed by atoms with E-state index in [4.69, 9.17) is 0 Å². The second kappa shape index (κ2) is 6.35. The van der Waals surface area contributed by atoms with Gasteiger partial charge in [-0.15, -0.1) is 0 Å². The zero-order valence-corrected chi connectivity index (χ0v) is 10.1. The van der Waals surface area contributed by atoms with Crippen LogP contribution in [0.4, 0.5) is 10.1 Å². The van der Waals surface area contributed by atoms with Crippen LogP contribution in [0.25, 0.3) is 0 Å². The molecule has 0 bridgehead atoms. The molecular weight excluding hydrogens is 255 g/mol. The van der Waals surface area contributed by atoms with Gasteiger partial charge < -0.3 is 10.4 Å². The number of hydrogen-bond acceptors (Lipinski definition) is 4. The van der Waals surface area contributed by atoms with Crippen LogP contribution < -0.4 is 5.32 Å². The van der Waals surface area contributed by atoms with Gasteiger partial charge in [-0.05, 0) is 6.07 Å². The standard InChI is InChI=1S/C12H11FN2O4/c1-8(16)14-5-3-2-4-9-6-10(13)7-11(12(9)17)15(18)19/h6-7,17H,3,5H2,1H3,(H,14,16). The van der Waals surface area contributed by atoms with Gasteiger partial charge in [0, 0.05) is 19.9 Å². The summed E-state index contributed by atoms with van der Waals surface area (Å²) in [6.45, 7) is 1.66. The molecule has 0 unspecified atom stereocenters. The van der Waals surface area contributed by atoms with Crippen LogP contribution >= 0.6 is 0 Å². The highest BCUT2D eigenvalue weighted by Crippen LogP contribution is 2.30. The Hall–Kier alpha value is -2.62. The summed E-state index contributed by atoms with van der Waals surface area (Å²) in [5.74, 6) is 3.28. The highest BCUT2D eigenvalue weighted by molar-refractivity contribution is 5.72. The lowest BCUT2D eigenvalue weighted by Gasteiger charge is -1.99. The first-order chi connectivity index (χ1) is 8.91. The quantitative estimate of drug-likeness (QED) is 0.373. The van der Waals surface area contributed by atoms with Gasteiger partial charge >= 0.3 is 5.69 Å². The molecule has 0 aliphatic carbocycles. The number of phenols is 1. The molecule has 0 saturated heterocycles. The molecular formula is C12H11FN2O4. The molecule has 2 N–H and O–H groups in total. The number of nitrogens with zero attached hydrogens (tertiary/aromatic N) is 1. The Morgan fingerprint density at radius 2 is 2.26 bits per heavy atom. The van der Waals surface area contributed by atoms with Gasteiger partial charge in [-0.1, -0.05) is 11.8 Å². The molecule has 1 aromatic rings. The van der Waals surface area contributed by atoms with Gasteiger partial charge in [0.05, 0.1) is 16.6 Å². The fourth-order valence-corrected chi connectivity index (χ4v) is 1.28. The van der Waals surface area contributed by atoms with Crippen molar-refractivity contribution in [2.75, 3.05) is 6.54 Å². The van der Waals surface area contributed by atoms with Gasteiger partial charge in [-0.2, -0.15) is 0 Å². The molecule has 1 aromatic carbocycles. The summed E-state index contributed by atoms with van der Waals surface area (Å²) in [5.41, 5.74) is -0.888. The number of carbonyl (C=O) groups is 1. The largest absolute Gasteiger partial charge is 0.501 e. The van der Waals surface area contributed by atoms with E-state index >= 15 is 0 Å². The summed E-state index contributed by atoms with van der Waals surface area (Å²) in [7, 11) is 0. The molecule has 19 heavy (non-hydrogen) atoms. The van der Waals surface area contributed by atoms with Crippen LogP contribution in [0.1, 0.15) is 18.9 Å². The maximum atomic E-state index is 13.1. The van der Waals surface area contributed by atoms with E-state index in [1.54, 1.807) is 0 Å². The number of aromatic hydroxyl groups is 1. The third kappa shape index (κ3) is 4.27. The number of benzene rings is 1. The van der Waals surface area contributed by atoms with E-state index in [9.17, 15) is 24.4 Å². The van der Waals surface area contributed by atoms with Crippen molar-refractivity contribution < 1.29 is 19.2 Å². The Kier molecular flexibility index (Phi) is 4.83. The van der Waals surface area contributed by atoms with Crippen molar-refractivity contribution in [3.63, 3.8) is 0 Å². The maximum absolute atomic E-state index is 13.1. The minimum atomic E-state index is -0.888. The van der Waals surface area contributed by atoms with Crippen LogP contribution in [-0.2, 0) is 4.79 Å². The molecule has 1 amide bonds. The molecule has 0 saturated carbocycles. The molecule has 1 rings (SSSR count). The molecule has 6 nitrogen and oxygen atoms in total. The molecule has 0 aromatic heterocycles. The molecule has 0 radical (unpaired) electrons. The predicted octanol–water partition coefficient (Wildman–Crippen LogP) is 1.32. The lowest BCUT2D eigenvalue weighted by atomic mass is 10.1. The lowest BCUT2D eigenvalue weighted by Crippen LogP contribution is -2.20. The summed E-state index contributed by atoms with van der Waals surface area (Å²) >= 11 is 0. The molecule has 0 aliphatic heterocycles. The SMILES string of the molecule is CC(=O)NCCC#Cc1cc(F)cc([N+](=O)[O-])c1O. The molecule has 0 aliphatic rings. The van der Waals surface area contributed by atoms with E-state index in [0.717, 1.165) is 6.07 Å². The number of carbonyl (C=O) groups excluding carboxylic acids is 1. The number of phenolic OH excluding ortho intramolecular Hbond substituents is 1. The summed E-state index contributed by atoms with van der Waals surface area (Å²) in [4.78, 5) is 20.2. The normalized spacial score (nSPS) is 9.37. The number of nitro benzene ring substituents is 1. The maximum Gasteiger partial charge on any atom is 0.314 e. The number of nitro groups is 1. The summed E-state index contributed by atoms with van der Waals surface area (Å²) in [5, 5.41) is 22.6. The lowest BCUT2D eigenvalue weighted by molar-refractivity contribution is -0.386. The first kappa shape index (κ1) is 14.4. The molecule has 0 fully saturated rings. The van der Waals surface area contributed by atoms with Crippen molar-refractivity contribution >= 4 is 11.6 Å². The average molecular weight is 266 g/mol. The van der Waals surface area contributed by atoms with Crippen molar-refractivity contribution in [3.05, 3.63) is 33.6 Å². The Bertz CT molecular complexity index is 575. The number of hydrogen-bond donors (Lipinski definition) is 2. The minimum absolute atomic E-state index is 0.158. The fraction of sp³-hybridized carbons (Fsp3) is 0.250. The zero-order valence-electron chi connectivity index (χ0n) is 10.1. The third-order valence-electron chi connectivity index (χ3n) is 2.10. The van der Waals surface area contributed by atoms with E-state index in [2.05, 4.69) is 17.2 Å². The van der Waals surface area contributed by atoms with Crippen molar-refractivity contribution in [2.45, 2.75) is 13.3 Å². The molecule has 0 spiro atoms. The first-order valence-electron chi connectivity index (χ1n) is 5.32. The summed E-state index contributed by atoms with van der Waals surface area (Å²) < 4.78 is 13.1. The number of halogens is 1. The summed E-state index contributed by atoms with van der Waals surface area (Å²) in [6.07, 6.45) is 0.281. The van der Waals surface area contributed by atoms with E-state index < -0.39 is 22.2 Å². The van der Waals surface area contributed by atoms with E-state index in [1.807, 2.05) is 0 Å². The van der Waals surface area contributed by atoms with Crippen LogP contribution in [0.5, 0.6) is 5.75 Å². The van der Waals surface area contributed by atoms with Crippen LogP contribution in [0.15, 0.2) is 12.1 Å². The van der Waals surface area contributed by atoms with E-state index in [0.29, 0.717) is 12.6 Å². The van der Waals surface area contributed by atoms with Gasteiger partial charge in [-0.25, -0.2) is 4.39 Å². The molecule has 0 atom stereocenters. The minimum Gasteiger partial charge on any atom is -0.501 e. The Balaban J connectivity index is 2.87. The van der Waals surface area contributed by atoms with E-state index in [-0.39, 0.29) is 17.9 Å². The highest BCUT2D eigenvalue weighted by Gasteiger charge is 2.18.